The van der Waals surface area contributed by atoms with E-state index in [4.69, 9.17) is 9.47 Å². The van der Waals surface area contributed by atoms with Crippen LogP contribution in [0.5, 0.6) is 0 Å². The second-order valence-corrected chi connectivity index (χ2v) is 9.34. The number of rotatable bonds is 5. The van der Waals surface area contributed by atoms with Crippen molar-refractivity contribution in [1.82, 2.24) is 5.32 Å². The Balaban J connectivity index is 1.83. The fourth-order valence-corrected chi connectivity index (χ4v) is 5.00. The average Bonchev–Trinajstić information content (AvgIpc) is 2.65. The lowest BCUT2D eigenvalue weighted by Crippen LogP contribution is -2.55. The van der Waals surface area contributed by atoms with Crippen LogP contribution in [0.1, 0.15) is 46.3 Å². The predicted molar refractivity (Wildman–Crippen MR) is 117 cm³/mol. The van der Waals surface area contributed by atoms with Gasteiger partial charge in [0.05, 0.1) is 12.7 Å². The summed E-state index contributed by atoms with van der Waals surface area (Å²) in [4.78, 5) is 14.2. The zero-order valence-electron chi connectivity index (χ0n) is 18.9. The van der Waals surface area contributed by atoms with Gasteiger partial charge in [0.15, 0.2) is 0 Å². The van der Waals surface area contributed by atoms with Gasteiger partial charge in [-0.3, -0.25) is 0 Å². The molecule has 0 aromatic heterocycles. The van der Waals surface area contributed by atoms with Crippen LogP contribution in [0.4, 0.5) is 10.5 Å². The molecule has 1 fully saturated rings. The smallest absolute Gasteiger partial charge is 0.407 e. The number of hydrogen-bond acceptors (Lipinski definition) is 4. The van der Waals surface area contributed by atoms with Crippen LogP contribution in [0.15, 0.2) is 35.9 Å². The van der Waals surface area contributed by atoms with E-state index in [9.17, 15) is 4.79 Å². The number of carbonyl (C=O) groups excluding carboxylic acids is 1. The van der Waals surface area contributed by atoms with E-state index in [0.29, 0.717) is 19.1 Å². The Labute approximate surface area is 175 Å². The van der Waals surface area contributed by atoms with Crippen LogP contribution in [0, 0.1) is 23.2 Å². The number of alkyl carbamates (subject to hydrolysis) is 1. The highest BCUT2D eigenvalue weighted by molar-refractivity contribution is 5.67. The molecule has 29 heavy (non-hydrogen) atoms. The number of nitrogens with one attached hydrogen (secondary N) is 1. The van der Waals surface area contributed by atoms with Crippen LogP contribution in [0.25, 0.3) is 0 Å². The van der Waals surface area contributed by atoms with Crippen LogP contribution in [0.3, 0.4) is 0 Å². The Bertz CT molecular complexity index is 756. The highest BCUT2D eigenvalue weighted by atomic mass is 16.6. The van der Waals surface area contributed by atoms with Crippen molar-refractivity contribution in [3.8, 4) is 0 Å². The van der Waals surface area contributed by atoms with Gasteiger partial charge in [-0.25, -0.2) is 4.79 Å². The van der Waals surface area contributed by atoms with E-state index >= 15 is 0 Å². The summed E-state index contributed by atoms with van der Waals surface area (Å²) in [6, 6.07) is 8.72. The summed E-state index contributed by atoms with van der Waals surface area (Å²) in [5.74, 6) is 0.918. The number of ether oxygens (including phenoxy) is 2. The van der Waals surface area contributed by atoms with Crippen molar-refractivity contribution in [3.63, 3.8) is 0 Å². The Hall–Kier alpha value is -2.01. The molecule has 160 valence electrons. The lowest BCUT2D eigenvalue weighted by Gasteiger charge is -2.55. The first-order valence-electron chi connectivity index (χ1n) is 10.7. The maximum atomic E-state index is 12.1. The normalized spacial score (nSPS) is 31.2. The first-order chi connectivity index (χ1) is 13.7. The van der Waals surface area contributed by atoms with Gasteiger partial charge in [0.1, 0.15) is 6.61 Å². The summed E-state index contributed by atoms with van der Waals surface area (Å²) in [6.07, 6.45) is 2.04. The molecule has 5 nitrogen and oxygen atoms in total. The van der Waals surface area contributed by atoms with Gasteiger partial charge < -0.3 is 19.7 Å². The van der Waals surface area contributed by atoms with Crippen LogP contribution in [-0.2, 0) is 9.47 Å². The van der Waals surface area contributed by atoms with Gasteiger partial charge in [-0.15, -0.1) is 0 Å². The number of fused-ring (bicyclic) bond motifs is 2. The van der Waals surface area contributed by atoms with Crippen LogP contribution in [0.2, 0.25) is 0 Å². The minimum Gasteiger partial charge on any atom is -0.449 e. The highest BCUT2D eigenvalue weighted by Crippen LogP contribution is 2.56. The molecule has 1 aliphatic carbocycles. The van der Waals surface area contributed by atoms with E-state index in [-0.39, 0.29) is 35.5 Å². The lowest BCUT2D eigenvalue weighted by molar-refractivity contribution is -0.165. The Kier molecular flexibility index (Phi) is 6.27. The zero-order chi connectivity index (χ0) is 21.3. The molecular formula is C24H36N2O3. The van der Waals surface area contributed by atoms with Gasteiger partial charge in [0.2, 0.25) is 0 Å². The molecule has 1 heterocycles. The van der Waals surface area contributed by atoms with Gasteiger partial charge in [-0.05, 0) is 50.3 Å². The molecule has 1 aliphatic heterocycles. The molecule has 1 saturated heterocycles. The predicted octanol–water partition coefficient (Wildman–Crippen LogP) is 4.79. The second kappa shape index (κ2) is 8.39. The van der Waals surface area contributed by atoms with Crippen LogP contribution >= 0.6 is 0 Å². The van der Waals surface area contributed by atoms with Gasteiger partial charge in [0, 0.05) is 37.2 Å². The standard InChI is InChI=1S/C24H36N2O3/c1-15(2)25-23(27)29-14-24-13-28-22(19-8-10-20(11-9-19)26(6)7)21(18(24)5)16(3)12-17(24)4/h8-12,15,17-18,21-22H,13-14H2,1-7H3,(H,25,27). The van der Waals surface area contributed by atoms with Crippen LogP contribution in [-0.4, -0.2) is 39.4 Å². The Morgan fingerprint density at radius 1 is 1.28 bits per heavy atom. The molecule has 5 unspecified atom stereocenters. The molecular weight excluding hydrogens is 364 g/mol. The number of nitrogens with zero attached hydrogens (tertiary/aromatic N) is 1. The van der Waals surface area contributed by atoms with Crippen molar-refractivity contribution in [2.75, 3.05) is 32.2 Å². The van der Waals surface area contributed by atoms with Crippen molar-refractivity contribution >= 4 is 11.8 Å². The fraction of sp³-hybridized carbons (Fsp3) is 0.625. The number of benzene rings is 1. The second-order valence-electron chi connectivity index (χ2n) is 9.34. The first kappa shape index (κ1) is 21.7. The van der Waals surface area contributed by atoms with Crippen molar-refractivity contribution in [2.24, 2.45) is 23.2 Å². The van der Waals surface area contributed by atoms with Crippen molar-refractivity contribution in [3.05, 3.63) is 41.5 Å². The fourth-order valence-electron chi connectivity index (χ4n) is 5.00. The number of amides is 1. The number of allylic oxidation sites excluding steroid dienone is 1. The third-order valence-corrected chi connectivity index (χ3v) is 6.87. The van der Waals surface area contributed by atoms with Gasteiger partial charge >= 0.3 is 6.09 Å². The number of hydrogen-bond donors (Lipinski definition) is 1. The SMILES string of the molecule is CC1=CC(C)C2(COC(=O)NC(C)C)COC(c3ccc(N(C)C)cc3)C1C2C. The van der Waals surface area contributed by atoms with E-state index < -0.39 is 0 Å². The van der Waals surface area contributed by atoms with Gasteiger partial charge in [-0.2, -0.15) is 0 Å². The molecule has 5 atom stereocenters. The molecule has 5 heteroatoms. The molecule has 3 rings (SSSR count). The monoisotopic (exact) mass is 400 g/mol. The van der Waals surface area contributed by atoms with E-state index in [2.05, 4.69) is 61.3 Å². The largest absolute Gasteiger partial charge is 0.449 e. The van der Waals surface area contributed by atoms with Gasteiger partial charge in [0.25, 0.3) is 0 Å². The molecule has 1 aromatic carbocycles. The quantitative estimate of drug-likeness (QED) is 0.722. The molecule has 2 aliphatic rings. The third kappa shape index (κ3) is 4.16. The van der Waals surface area contributed by atoms with E-state index in [1.807, 2.05) is 27.9 Å². The summed E-state index contributed by atoms with van der Waals surface area (Å²) in [7, 11) is 4.10. The maximum absolute atomic E-state index is 12.1. The average molecular weight is 401 g/mol. The highest BCUT2D eigenvalue weighted by Gasteiger charge is 2.54. The summed E-state index contributed by atoms with van der Waals surface area (Å²) in [6.45, 7) is 11.6. The summed E-state index contributed by atoms with van der Waals surface area (Å²) in [5.41, 5.74) is 3.56. The summed E-state index contributed by atoms with van der Waals surface area (Å²) < 4.78 is 12.2. The molecule has 2 bridgehead atoms. The third-order valence-electron chi connectivity index (χ3n) is 6.87. The summed E-state index contributed by atoms with van der Waals surface area (Å²) in [5, 5.41) is 2.82. The minimum absolute atomic E-state index is 0.0302. The first-order valence-corrected chi connectivity index (χ1v) is 10.7. The lowest BCUT2D eigenvalue weighted by atomic mass is 9.56. The molecule has 0 radical (unpaired) electrons. The Morgan fingerprint density at radius 2 is 1.93 bits per heavy atom. The van der Waals surface area contributed by atoms with Crippen LogP contribution < -0.4 is 10.2 Å². The number of carbonyl (C=O) groups is 1. The zero-order valence-corrected chi connectivity index (χ0v) is 18.9. The van der Waals surface area contributed by atoms with E-state index in [1.54, 1.807) is 0 Å². The molecule has 1 amide bonds. The van der Waals surface area contributed by atoms with E-state index in [0.717, 1.165) is 0 Å². The minimum atomic E-state index is -0.349. The number of anilines is 1. The maximum Gasteiger partial charge on any atom is 0.407 e. The van der Waals surface area contributed by atoms with Crippen molar-refractivity contribution in [1.29, 1.82) is 0 Å². The molecule has 1 aromatic rings. The summed E-state index contributed by atoms with van der Waals surface area (Å²) >= 11 is 0. The Morgan fingerprint density at radius 3 is 2.52 bits per heavy atom. The molecule has 1 N–H and O–H groups in total. The van der Waals surface area contributed by atoms with Crippen molar-refractivity contribution in [2.45, 2.75) is 46.8 Å². The van der Waals surface area contributed by atoms with Crippen molar-refractivity contribution < 1.29 is 14.3 Å². The topological polar surface area (TPSA) is 50.8 Å². The van der Waals surface area contributed by atoms with Gasteiger partial charge in [-0.1, -0.05) is 37.6 Å². The molecule has 0 saturated carbocycles. The van der Waals surface area contributed by atoms with E-state index in [1.165, 1.54) is 16.8 Å². The molecule has 0 spiro atoms.